The minimum absolute atomic E-state index is 0.0357. The number of anilines is 1. The predicted molar refractivity (Wildman–Crippen MR) is 84.6 cm³/mol. The van der Waals surface area contributed by atoms with Crippen LogP contribution in [0.1, 0.15) is 48.0 Å². The van der Waals surface area contributed by atoms with Gasteiger partial charge in [-0.2, -0.15) is 5.10 Å². The molecule has 0 aliphatic rings. The topological polar surface area (TPSA) is 54.9 Å². The van der Waals surface area contributed by atoms with E-state index >= 15 is 0 Å². The summed E-state index contributed by atoms with van der Waals surface area (Å²) in [6, 6.07) is 7.68. The molecule has 1 aromatic carbocycles. The first kappa shape index (κ1) is 15.2. The molecular weight excluding hydrogens is 262 g/mol. The monoisotopic (exact) mass is 283 g/mol. The van der Waals surface area contributed by atoms with Crippen LogP contribution in [0.15, 0.2) is 30.5 Å². The fourth-order valence-electron chi connectivity index (χ4n) is 2.28. The number of nitrogens with one attached hydrogen (secondary N) is 1. The molecule has 1 aromatic heterocycles. The second-order valence-electron chi connectivity index (χ2n) is 6.35. The van der Waals surface area contributed by atoms with E-state index in [1.165, 1.54) is 11.1 Å². The molecule has 4 nitrogen and oxygen atoms in total. The minimum atomic E-state index is -0.241. The second kappa shape index (κ2) is 5.64. The normalized spacial score (nSPS) is 11.3. The number of benzene rings is 1. The molecular formula is C17H21N3O. The number of aryl methyl sites for hydroxylation is 2. The Balaban J connectivity index is 2.26. The number of rotatable bonds is 2. The molecule has 1 heterocycles. The molecule has 0 fully saturated rings. The van der Waals surface area contributed by atoms with Crippen LogP contribution in [-0.4, -0.2) is 16.1 Å². The molecule has 0 bridgehead atoms. The van der Waals surface area contributed by atoms with Crippen molar-refractivity contribution in [2.45, 2.75) is 40.0 Å². The molecule has 1 N–H and O–H groups in total. The molecule has 0 unspecified atom stereocenters. The van der Waals surface area contributed by atoms with E-state index in [9.17, 15) is 4.79 Å². The van der Waals surface area contributed by atoms with Gasteiger partial charge < -0.3 is 5.32 Å². The number of carbonyl (C=O) groups is 1. The molecule has 2 rings (SSSR count). The third kappa shape index (κ3) is 3.66. The predicted octanol–water partition coefficient (Wildman–Crippen LogP) is 3.64. The van der Waals surface area contributed by atoms with Crippen molar-refractivity contribution in [3.63, 3.8) is 0 Å². The summed E-state index contributed by atoms with van der Waals surface area (Å²) in [5, 5.41) is 10.6. The van der Waals surface area contributed by atoms with E-state index in [-0.39, 0.29) is 11.3 Å². The maximum absolute atomic E-state index is 12.2. The maximum atomic E-state index is 12.2. The van der Waals surface area contributed by atoms with E-state index in [2.05, 4.69) is 43.2 Å². The molecule has 2 aromatic rings. The summed E-state index contributed by atoms with van der Waals surface area (Å²) < 4.78 is 0. The standard InChI is InChI=1S/C17H21N3O/c1-11-8-15(20-18-10-11)16(21)19-13-7-6-12(2)14(9-13)17(3,4)5/h6-10H,1-5H3,(H,19,21). The van der Waals surface area contributed by atoms with E-state index in [1.807, 2.05) is 25.1 Å². The third-order valence-electron chi connectivity index (χ3n) is 3.33. The number of nitrogens with zero attached hydrogens (tertiary/aromatic N) is 2. The molecule has 4 heteroatoms. The highest BCUT2D eigenvalue weighted by Gasteiger charge is 2.17. The van der Waals surface area contributed by atoms with Crippen LogP contribution in [-0.2, 0) is 5.41 Å². The first-order chi connectivity index (χ1) is 9.77. The van der Waals surface area contributed by atoms with Gasteiger partial charge in [0.05, 0.1) is 6.20 Å². The summed E-state index contributed by atoms with van der Waals surface area (Å²) in [7, 11) is 0. The van der Waals surface area contributed by atoms with Gasteiger partial charge in [0.1, 0.15) is 0 Å². The second-order valence-corrected chi connectivity index (χ2v) is 6.35. The molecule has 0 atom stereocenters. The zero-order valence-electron chi connectivity index (χ0n) is 13.2. The van der Waals surface area contributed by atoms with Crippen LogP contribution in [0.2, 0.25) is 0 Å². The number of amides is 1. The van der Waals surface area contributed by atoms with Crippen molar-refractivity contribution < 1.29 is 4.79 Å². The lowest BCUT2D eigenvalue weighted by Crippen LogP contribution is -2.17. The Bertz CT molecular complexity index is 672. The highest BCUT2D eigenvalue weighted by molar-refractivity contribution is 6.02. The number of carbonyl (C=O) groups excluding carboxylic acids is 1. The van der Waals surface area contributed by atoms with E-state index < -0.39 is 0 Å². The van der Waals surface area contributed by atoms with Crippen LogP contribution in [0, 0.1) is 13.8 Å². The fourth-order valence-corrected chi connectivity index (χ4v) is 2.28. The van der Waals surface area contributed by atoms with Gasteiger partial charge in [-0.3, -0.25) is 4.79 Å². The van der Waals surface area contributed by atoms with Crippen LogP contribution >= 0.6 is 0 Å². The lowest BCUT2D eigenvalue weighted by molar-refractivity contribution is 0.102. The van der Waals surface area contributed by atoms with Gasteiger partial charge in [-0.05, 0) is 54.2 Å². The van der Waals surface area contributed by atoms with E-state index in [0.29, 0.717) is 5.69 Å². The molecule has 0 aliphatic carbocycles. The first-order valence-corrected chi connectivity index (χ1v) is 6.99. The fraction of sp³-hybridized carbons (Fsp3) is 0.353. The SMILES string of the molecule is Cc1cnnc(C(=O)Nc2ccc(C)c(C(C)(C)C)c2)c1. The lowest BCUT2D eigenvalue weighted by atomic mass is 9.84. The highest BCUT2D eigenvalue weighted by atomic mass is 16.1. The first-order valence-electron chi connectivity index (χ1n) is 6.99. The van der Waals surface area contributed by atoms with Crippen molar-refractivity contribution in [2.75, 3.05) is 5.32 Å². The van der Waals surface area contributed by atoms with Gasteiger partial charge in [0.15, 0.2) is 5.69 Å². The Labute approximate surface area is 125 Å². The van der Waals surface area contributed by atoms with Gasteiger partial charge in [0.2, 0.25) is 0 Å². The molecule has 0 saturated carbocycles. The summed E-state index contributed by atoms with van der Waals surface area (Å²) in [5.74, 6) is -0.241. The van der Waals surface area contributed by atoms with Gasteiger partial charge in [-0.1, -0.05) is 26.8 Å². The number of hydrogen-bond donors (Lipinski definition) is 1. The van der Waals surface area contributed by atoms with Crippen molar-refractivity contribution >= 4 is 11.6 Å². The smallest absolute Gasteiger partial charge is 0.276 e. The molecule has 21 heavy (non-hydrogen) atoms. The van der Waals surface area contributed by atoms with Crippen molar-refractivity contribution in [1.29, 1.82) is 0 Å². The molecule has 0 saturated heterocycles. The zero-order chi connectivity index (χ0) is 15.6. The van der Waals surface area contributed by atoms with Crippen LogP contribution in [0.3, 0.4) is 0 Å². The number of hydrogen-bond acceptors (Lipinski definition) is 3. The van der Waals surface area contributed by atoms with Gasteiger partial charge in [0.25, 0.3) is 5.91 Å². The summed E-state index contributed by atoms with van der Waals surface area (Å²) in [6.07, 6.45) is 1.63. The Morgan fingerprint density at radius 1 is 1.14 bits per heavy atom. The Morgan fingerprint density at radius 2 is 1.86 bits per heavy atom. The van der Waals surface area contributed by atoms with Gasteiger partial charge in [-0.15, -0.1) is 5.10 Å². The third-order valence-corrected chi connectivity index (χ3v) is 3.33. The van der Waals surface area contributed by atoms with E-state index in [0.717, 1.165) is 11.3 Å². The molecule has 1 amide bonds. The van der Waals surface area contributed by atoms with Crippen molar-refractivity contribution in [3.05, 3.63) is 52.8 Å². The van der Waals surface area contributed by atoms with Crippen molar-refractivity contribution in [2.24, 2.45) is 0 Å². The summed E-state index contributed by atoms with van der Waals surface area (Å²) in [6.45, 7) is 10.4. The Kier molecular flexibility index (Phi) is 4.07. The number of aromatic nitrogens is 2. The minimum Gasteiger partial charge on any atom is -0.321 e. The Morgan fingerprint density at radius 3 is 2.48 bits per heavy atom. The van der Waals surface area contributed by atoms with Crippen molar-refractivity contribution in [3.8, 4) is 0 Å². The molecule has 0 radical (unpaired) electrons. The van der Waals surface area contributed by atoms with Gasteiger partial charge >= 0.3 is 0 Å². The molecule has 0 spiro atoms. The quantitative estimate of drug-likeness (QED) is 0.915. The van der Waals surface area contributed by atoms with Crippen LogP contribution in [0.4, 0.5) is 5.69 Å². The van der Waals surface area contributed by atoms with Crippen LogP contribution < -0.4 is 5.32 Å². The molecule has 0 aliphatic heterocycles. The lowest BCUT2D eigenvalue weighted by Gasteiger charge is -2.22. The Hall–Kier alpha value is -2.23. The van der Waals surface area contributed by atoms with E-state index in [1.54, 1.807) is 12.3 Å². The van der Waals surface area contributed by atoms with Crippen LogP contribution in [0.5, 0.6) is 0 Å². The van der Waals surface area contributed by atoms with Gasteiger partial charge in [-0.25, -0.2) is 0 Å². The molecule has 110 valence electrons. The average molecular weight is 283 g/mol. The summed E-state index contributed by atoms with van der Waals surface area (Å²) >= 11 is 0. The maximum Gasteiger partial charge on any atom is 0.276 e. The average Bonchev–Trinajstić information content (AvgIpc) is 2.39. The van der Waals surface area contributed by atoms with Crippen LogP contribution in [0.25, 0.3) is 0 Å². The largest absolute Gasteiger partial charge is 0.321 e. The summed E-state index contributed by atoms with van der Waals surface area (Å²) in [4.78, 5) is 12.2. The van der Waals surface area contributed by atoms with Gasteiger partial charge in [0, 0.05) is 5.69 Å². The summed E-state index contributed by atoms with van der Waals surface area (Å²) in [5.41, 5.74) is 4.49. The van der Waals surface area contributed by atoms with Crippen molar-refractivity contribution in [1.82, 2.24) is 10.2 Å². The zero-order valence-corrected chi connectivity index (χ0v) is 13.2. The highest BCUT2D eigenvalue weighted by Crippen LogP contribution is 2.28. The van der Waals surface area contributed by atoms with E-state index in [4.69, 9.17) is 0 Å².